The van der Waals surface area contributed by atoms with Crippen LogP contribution < -0.4 is 11.1 Å². The van der Waals surface area contributed by atoms with Crippen molar-refractivity contribution in [1.29, 1.82) is 0 Å². The molecular formula is C20H29N3O2. The summed E-state index contributed by atoms with van der Waals surface area (Å²) in [6, 6.07) is 7.73. The normalized spacial score (nSPS) is 24.1. The van der Waals surface area contributed by atoms with Crippen LogP contribution >= 0.6 is 0 Å². The molecule has 0 radical (unpaired) electrons. The molecule has 0 saturated heterocycles. The van der Waals surface area contributed by atoms with Crippen LogP contribution in [0.3, 0.4) is 0 Å². The molecule has 0 heterocycles. The van der Waals surface area contributed by atoms with Crippen LogP contribution in [0.15, 0.2) is 24.3 Å². The van der Waals surface area contributed by atoms with Crippen LogP contribution in [0, 0.1) is 5.92 Å². The van der Waals surface area contributed by atoms with Gasteiger partial charge >= 0.3 is 0 Å². The molecule has 2 aliphatic carbocycles. The second kappa shape index (κ2) is 8.00. The molecular weight excluding hydrogens is 314 g/mol. The van der Waals surface area contributed by atoms with Crippen LogP contribution in [-0.4, -0.2) is 35.8 Å². The van der Waals surface area contributed by atoms with E-state index in [0.29, 0.717) is 11.6 Å². The Bertz CT molecular complexity index is 608. The van der Waals surface area contributed by atoms with Gasteiger partial charge in [0.25, 0.3) is 5.91 Å². The van der Waals surface area contributed by atoms with Gasteiger partial charge in [0.05, 0.1) is 0 Å². The van der Waals surface area contributed by atoms with Crippen LogP contribution in [0.4, 0.5) is 5.69 Å². The van der Waals surface area contributed by atoms with E-state index >= 15 is 0 Å². The third kappa shape index (κ3) is 4.40. The molecule has 1 aromatic rings. The minimum Gasteiger partial charge on any atom is -0.339 e. The van der Waals surface area contributed by atoms with E-state index in [1.54, 1.807) is 12.1 Å². The van der Waals surface area contributed by atoms with Gasteiger partial charge in [0, 0.05) is 36.3 Å². The topological polar surface area (TPSA) is 75.4 Å². The van der Waals surface area contributed by atoms with Crippen LogP contribution in [-0.2, 0) is 4.79 Å². The summed E-state index contributed by atoms with van der Waals surface area (Å²) in [5, 5.41) is 2.94. The van der Waals surface area contributed by atoms with E-state index < -0.39 is 0 Å². The minimum absolute atomic E-state index is 0.00810. The largest absolute Gasteiger partial charge is 0.339 e. The molecule has 0 aliphatic heterocycles. The van der Waals surface area contributed by atoms with Crippen molar-refractivity contribution in [3.63, 3.8) is 0 Å². The highest BCUT2D eigenvalue weighted by atomic mass is 16.2. The fourth-order valence-corrected chi connectivity index (χ4v) is 4.03. The first-order valence-electron chi connectivity index (χ1n) is 9.48. The number of hydrogen-bond donors (Lipinski definition) is 2. The Morgan fingerprint density at radius 3 is 2.32 bits per heavy atom. The zero-order chi connectivity index (χ0) is 17.8. The van der Waals surface area contributed by atoms with Gasteiger partial charge in [-0.15, -0.1) is 0 Å². The molecule has 2 unspecified atom stereocenters. The number of nitrogens with one attached hydrogen (secondary N) is 1. The molecule has 2 saturated carbocycles. The number of hydrogen-bond acceptors (Lipinski definition) is 3. The van der Waals surface area contributed by atoms with Gasteiger partial charge in [0.2, 0.25) is 5.91 Å². The third-order valence-electron chi connectivity index (χ3n) is 5.69. The maximum absolute atomic E-state index is 12.6. The van der Waals surface area contributed by atoms with E-state index in [2.05, 4.69) is 5.32 Å². The van der Waals surface area contributed by atoms with Gasteiger partial charge in [-0.3, -0.25) is 9.59 Å². The van der Waals surface area contributed by atoms with E-state index in [9.17, 15) is 9.59 Å². The molecule has 2 amide bonds. The molecule has 1 aromatic carbocycles. The monoisotopic (exact) mass is 343 g/mol. The average Bonchev–Trinajstić information content (AvgIpc) is 3.08. The number of anilines is 1. The predicted octanol–water partition coefficient (Wildman–Crippen LogP) is 3.16. The molecule has 25 heavy (non-hydrogen) atoms. The van der Waals surface area contributed by atoms with Crippen molar-refractivity contribution in [2.75, 3.05) is 12.4 Å². The third-order valence-corrected chi connectivity index (χ3v) is 5.69. The number of carbonyl (C=O) groups excluding carboxylic acids is 2. The van der Waals surface area contributed by atoms with Crippen molar-refractivity contribution in [3.8, 4) is 0 Å². The Kier molecular flexibility index (Phi) is 5.74. The van der Waals surface area contributed by atoms with Crippen molar-refractivity contribution in [2.24, 2.45) is 11.7 Å². The highest BCUT2D eigenvalue weighted by Crippen LogP contribution is 2.26. The Balaban J connectivity index is 1.57. The second-order valence-electron chi connectivity index (χ2n) is 7.54. The first-order valence-corrected chi connectivity index (χ1v) is 9.48. The smallest absolute Gasteiger partial charge is 0.253 e. The van der Waals surface area contributed by atoms with Crippen molar-refractivity contribution in [1.82, 2.24) is 4.90 Å². The summed E-state index contributed by atoms with van der Waals surface area (Å²) in [7, 11) is 1.90. The second-order valence-corrected chi connectivity index (χ2v) is 7.54. The Morgan fingerprint density at radius 2 is 1.72 bits per heavy atom. The lowest BCUT2D eigenvalue weighted by Gasteiger charge is -2.31. The fourth-order valence-electron chi connectivity index (χ4n) is 4.03. The van der Waals surface area contributed by atoms with Gasteiger partial charge in [0.15, 0.2) is 0 Å². The van der Waals surface area contributed by atoms with Crippen molar-refractivity contribution >= 4 is 17.5 Å². The zero-order valence-corrected chi connectivity index (χ0v) is 15.0. The number of carbonyl (C=O) groups is 2. The molecule has 0 spiro atoms. The predicted molar refractivity (Wildman–Crippen MR) is 99.4 cm³/mol. The summed E-state index contributed by atoms with van der Waals surface area (Å²) in [4.78, 5) is 26.8. The van der Waals surface area contributed by atoms with E-state index in [0.717, 1.165) is 37.8 Å². The Hall–Kier alpha value is -1.88. The number of nitrogens with zero attached hydrogens (tertiary/aromatic N) is 1. The molecule has 2 aliphatic rings. The van der Waals surface area contributed by atoms with Gasteiger partial charge in [0.1, 0.15) is 0 Å². The molecule has 2 atom stereocenters. The van der Waals surface area contributed by atoms with Crippen LogP contribution in [0.5, 0.6) is 0 Å². The summed E-state index contributed by atoms with van der Waals surface area (Å²) in [6.07, 6.45) is 8.41. The summed E-state index contributed by atoms with van der Waals surface area (Å²) in [5.74, 6) is 0.103. The first kappa shape index (κ1) is 17.9. The maximum atomic E-state index is 12.6. The highest BCUT2D eigenvalue weighted by Gasteiger charge is 2.28. The molecule has 3 rings (SSSR count). The molecule has 3 N–H and O–H groups in total. The quantitative estimate of drug-likeness (QED) is 0.882. The molecule has 0 bridgehead atoms. The Labute approximate surface area is 150 Å². The fraction of sp³-hybridized carbons (Fsp3) is 0.600. The highest BCUT2D eigenvalue weighted by molar-refractivity contribution is 5.96. The van der Waals surface area contributed by atoms with Crippen LogP contribution in [0.25, 0.3) is 0 Å². The van der Waals surface area contributed by atoms with E-state index in [4.69, 9.17) is 5.73 Å². The molecule has 2 fully saturated rings. The summed E-state index contributed by atoms with van der Waals surface area (Å²) < 4.78 is 0. The summed E-state index contributed by atoms with van der Waals surface area (Å²) >= 11 is 0. The van der Waals surface area contributed by atoms with E-state index in [1.165, 1.54) is 19.3 Å². The standard InChI is InChI=1S/C20H29N3O2/c1-23(18-5-3-2-4-6-18)20(25)14-8-11-17(12-9-14)22-19(24)15-7-10-16(21)13-15/h8-9,11-12,15-16,18H,2-7,10,13,21H2,1H3,(H,22,24). The average molecular weight is 343 g/mol. The van der Waals surface area contributed by atoms with Gasteiger partial charge in [-0.05, 0) is 56.4 Å². The maximum Gasteiger partial charge on any atom is 0.253 e. The first-order chi connectivity index (χ1) is 12.0. The van der Waals surface area contributed by atoms with Crippen molar-refractivity contribution in [3.05, 3.63) is 29.8 Å². The molecule has 5 heteroatoms. The van der Waals surface area contributed by atoms with Crippen LogP contribution in [0.2, 0.25) is 0 Å². The zero-order valence-electron chi connectivity index (χ0n) is 15.0. The minimum atomic E-state index is 0.00810. The lowest BCUT2D eigenvalue weighted by Crippen LogP contribution is -2.38. The molecule has 0 aromatic heterocycles. The van der Waals surface area contributed by atoms with Gasteiger partial charge in [-0.2, -0.15) is 0 Å². The lowest BCUT2D eigenvalue weighted by atomic mass is 9.94. The number of nitrogens with two attached hydrogens (primary N) is 1. The number of benzene rings is 1. The van der Waals surface area contributed by atoms with Gasteiger partial charge < -0.3 is 16.0 Å². The lowest BCUT2D eigenvalue weighted by molar-refractivity contribution is -0.119. The summed E-state index contributed by atoms with van der Waals surface area (Å²) in [6.45, 7) is 0. The Morgan fingerprint density at radius 1 is 1.04 bits per heavy atom. The van der Waals surface area contributed by atoms with E-state index in [1.807, 2.05) is 24.1 Å². The molecule has 5 nitrogen and oxygen atoms in total. The number of amides is 2. The van der Waals surface area contributed by atoms with Gasteiger partial charge in [-0.25, -0.2) is 0 Å². The van der Waals surface area contributed by atoms with Gasteiger partial charge in [-0.1, -0.05) is 19.3 Å². The summed E-state index contributed by atoms with van der Waals surface area (Å²) in [5.41, 5.74) is 7.29. The van der Waals surface area contributed by atoms with E-state index in [-0.39, 0.29) is 23.8 Å². The van der Waals surface area contributed by atoms with Crippen molar-refractivity contribution in [2.45, 2.75) is 63.5 Å². The van der Waals surface area contributed by atoms with Crippen LogP contribution in [0.1, 0.15) is 61.7 Å². The SMILES string of the molecule is CN(C(=O)c1ccc(NC(=O)C2CCC(N)C2)cc1)C1CCCCC1. The van der Waals surface area contributed by atoms with Crippen molar-refractivity contribution < 1.29 is 9.59 Å². The number of rotatable bonds is 4. The molecule has 136 valence electrons.